The summed E-state index contributed by atoms with van der Waals surface area (Å²) in [7, 11) is 4.34. The number of likely N-dealkylation sites (N-methyl/N-ethyl adjacent to an activating group) is 1. The molecule has 0 heterocycles. The summed E-state index contributed by atoms with van der Waals surface area (Å²) in [5, 5.41) is 0. The molecule has 0 aromatic heterocycles. The molecule has 1 atom stereocenters. The van der Waals surface area contributed by atoms with E-state index >= 15 is 0 Å². The molecule has 2 N–H and O–H groups in total. The van der Waals surface area contributed by atoms with E-state index in [2.05, 4.69) is 25.9 Å². The predicted octanol–water partition coefficient (Wildman–Crippen LogP) is 2.39. The van der Waals surface area contributed by atoms with Crippen molar-refractivity contribution in [1.29, 1.82) is 0 Å². The fraction of sp³-hybridized carbons (Fsp3) is 1.00. The van der Waals surface area contributed by atoms with Crippen molar-refractivity contribution in [2.24, 2.45) is 5.73 Å². The molecule has 0 aliphatic heterocycles. The van der Waals surface area contributed by atoms with E-state index in [4.69, 9.17) is 10.5 Å². The molecule has 0 bridgehead atoms. The minimum Gasteiger partial charge on any atom is -0.380 e. The van der Waals surface area contributed by atoms with Gasteiger partial charge in [-0.05, 0) is 33.4 Å². The van der Waals surface area contributed by atoms with Gasteiger partial charge in [0, 0.05) is 18.2 Å². The summed E-state index contributed by atoms with van der Waals surface area (Å²) in [5.41, 5.74) is 6.58. The Bertz CT molecular complexity index is 198. The molecule has 1 fully saturated rings. The van der Waals surface area contributed by atoms with Crippen LogP contribution in [0.25, 0.3) is 0 Å². The van der Waals surface area contributed by atoms with Crippen molar-refractivity contribution in [3.8, 4) is 0 Å². The lowest BCUT2D eigenvalue weighted by atomic mass is 9.82. The van der Waals surface area contributed by atoms with Crippen molar-refractivity contribution in [2.45, 2.75) is 63.5 Å². The molecular formula is C14H30N2O. The minimum atomic E-state index is 0.141. The van der Waals surface area contributed by atoms with Crippen LogP contribution in [0.2, 0.25) is 0 Å². The third kappa shape index (κ3) is 3.94. The first-order valence-corrected chi connectivity index (χ1v) is 7.14. The fourth-order valence-corrected chi connectivity index (χ4v) is 3.00. The number of hydrogen-bond acceptors (Lipinski definition) is 3. The Hall–Kier alpha value is -0.120. The molecule has 0 aromatic carbocycles. The summed E-state index contributed by atoms with van der Waals surface area (Å²) in [4.78, 5) is 2.35. The van der Waals surface area contributed by atoms with Gasteiger partial charge in [-0.25, -0.2) is 0 Å². The SMILES string of the molecule is CCCOCC(N)C1(N(C)C)CCCCCC1. The van der Waals surface area contributed by atoms with Crippen LogP contribution < -0.4 is 5.73 Å². The zero-order valence-electron chi connectivity index (χ0n) is 11.9. The Kier molecular flexibility index (Phi) is 6.45. The molecule has 1 rings (SSSR count). The average Bonchev–Trinajstić information content (AvgIpc) is 2.55. The monoisotopic (exact) mass is 242 g/mol. The van der Waals surface area contributed by atoms with Gasteiger partial charge in [0.2, 0.25) is 0 Å². The summed E-state index contributed by atoms with van der Waals surface area (Å²) in [6.45, 7) is 3.67. The van der Waals surface area contributed by atoms with E-state index in [1.807, 2.05) is 0 Å². The second-order valence-corrected chi connectivity index (χ2v) is 5.59. The number of ether oxygens (including phenoxy) is 1. The van der Waals surface area contributed by atoms with Gasteiger partial charge in [0.05, 0.1) is 6.61 Å². The van der Waals surface area contributed by atoms with Crippen molar-refractivity contribution < 1.29 is 4.74 Å². The lowest BCUT2D eigenvalue weighted by molar-refractivity contribution is 0.0354. The van der Waals surface area contributed by atoms with E-state index in [0.29, 0.717) is 6.61 Å². The van der Waals surface area contributed by atoms with Gasteiger partial charge in [-0.1, -0.05) is 32.6 Å². The van der Waals surface area contributed by atoms with Crippen LogP contribution in [0.15, 0.2) is 0 Å². The highest BCUT2D eigenvalue weighted by Gasteiger charge is 2.38. The number of hydrogen-bond donors (Lipinski definition) is 1. The van der Waals surface area contributed by atoms with E-state index in [0.717, 1.165) is 13.0 Å². The molecule has 0 amide bonds. The minimum absolute atomic E-state index is 0.141. The van der Waals surface area contributed by atoms with E-state index in [-0.39, 0.29) is 11.6 Å². The first-order chi connectivity index (χ1) is 8.13. The van der Waals surface area contributed by atoms with E-state index in [1.54, 1.807) is 0 Å². The Morgan fingerprint density at radius 3 is 2.24 bits per heavy atom. The van der Waals surface area contributed by atoms with Crippen LogP contribution in [0.4, 0.5) is 0 Å². The standard InChI is InChI=1S/C14H30N2O/c1-4-11-17-12-13(15)14(16(2)3)9-7-5-6-8-10-14/h13H,4-12,15H2,1-3H3. The van der Waals surface area contributed by atoms with Crippen molar-refractivity contribution >= 4 is 0 Å². The van der Waals surface area contributed by atoms with Gasteiger partial charge >= 0.3 is 0 Å². The topological polar surface area (TPSA) is 38.5 Å². The number of rotatable bonds is 6. The second kappa shape index (κ2) is 7.34. The molecule has 1 saturated carbocycles. The molecule has 0 aromatic rings. The maximum absolute atomic E-state index is 6.43. The van der Waals surface area contributed by atoms with Crippen LogP contribution in [0, 0.1) is 0 Å². The highest BCUT2D eigenvalue weighted by atomic mass is 16.5. The quantitative estimate of drug-likeness (QED) is 0.574. The molecule has 0 radical (unpaired) electrons. The summed E-state index contributed by atoms with van der Waals surface area (Å²) in [6.07, 6.45) is 8.84. The van der Waals surface area contributed by atoms with Crippen LogP contribution in [0.3, 0.4) is 0 Å². The summed E-state index contributed by atoms with van der Waals surface area (Å²) >= 11 is 0. The number of nitrogens with two attached hydrogens (primary N) is 1. The van der Waals surface area contributed by atoms with E-state index in [9.17, 15) is 0 Å². The molecule has 102 valence electrons. The Labute approximate surface area is 107 Å². The third-order valence-corrected chi connectivity index (χ3v) is 4.20. The van der Waals surface area contributed by atoms with Crippen molar-refractivity contribution in [2.75, 3.05) is 27.3 Å². The molecular weight excluding hydrogens is 212 g/mol. The van der Waals surface area contributed by atoms with Crippen LogP contribution in [-0.4, -0.2) is 43.8 Å². The molecule has 17 heavy (non-hydrogen) atoms. The Morgan fingerprint density at radius 1 is 1.18 bits per heavy atom. The summed E-state index contributed by atoms with van der Waals surface area (Å²) in [6, 6.07) is 0.141. The first-order valence-electron chi connectivity index (χ1n) is 7.14. The summed E-state index contributed by atoms with van der Waals surface area (Å²) < 4.78 is 5.66. The van der Waals surface area contributed by atoms with E-state index in [1.165, 1.54) is 38.5 Å². The lowest BCUT2D eigenvalue weighted by Crippen LogP contribution is -2.59. The van der Waals surface area contributed by atoms with Crippen molar-refractivity contribution in [3.05, 3.63) is 0 Å². The third-order valence-electron chi connectivity index (χ3n) is 4.20. The Morgan fingerprint density at radius 2 is 1.76 bits per heavy atom. The van der Waals surface area contributed by atoms with Crippen LogP contribution >= 0.6 is 0 Å². The zero-order chi connectivity index (χ0) is 12.7. The highest BCUT2D eigenvalue weighted by Crippen LogP contribution is 2.33. The maximum Gasteiger partial charge on any atom is 0.0635 e. The molecule has 1 aliphatic carbocycles. The Balaban J connectivity index is 2.61. The first kappa shape index (κ1) is 14.9. The van der Waals surface area contributed by atoms with Gasteiger partial charge in [-0.2, -0.15) is 0 Å². The zero-order valence-corrected chi connectivity index (χ0v) is 11.9. The largest absolute Gasteiger partial charge is 0.380 e. The normalized spacial score (nSPS) is 22.4. The smallest absolute Gasteiger partial charge is 0.0635 e. The fourth-order valence-electron chi connectivity index (χ4n) is 3.00. The highest BCUT2D eigenvalue weighted by molar-refractivity contribution is 4.98. The van der Waals surface area contributed by atoms with Crippen molar-refractivity contribution in [1.82, 2.24) is 4.90 Å². The van der Waals surface area contributed by atoms with Gasteiger partial charge < -0.3 is 15.4 Å². The van der Waals surface area contributed by atoms with Gasteiger partial charge in [-0.15, -0.1) is 0 Å². The van der Waals surface area contributed by atoms with Gasteiger partial charge in [-0.3, -0.25) is 0 Å². The number of nitrogens with zero attached hydrogens (tertiary/aromatic N) is 1. The molecule has 3 nitrogen and oxygen atoms in total. The predicted molar refractivity (Wildman–Crippen MR) is 73.2 cm³/mol. The van der Waals surface area contributed by atoms with Gasteiger partial charge in [0.25, 0.3) is 0 Å². The van der Waals surface area contributed by atoms with Crippen LogP contribution in [0.1, 0.15) is 51.9 Å². The van der Waals surface area contributed by atoms with E-state index < -0.39 is 0 Å². The van der Waals surface area contributed by atoms with Crippen LogP contribution in [0.5, 0.6) is 0 Å². The molecule has 1 unspecified atom stereocenters. The molecule has 0 spiro atoms. The van der Waals surface area contributed by atoms with Gasteiger partial charge in [0.15, 0.2) is 0 Å². The van der Waals surface area contributed by atoms with Crippen LogP contribution in [-0.2, 0) is 4.74 Å². The lowest BCUT2D eigenvalue weighted by Gasteiger charge is -2.44. The van der Waals surface area contributed by atoms with Gasteiger partial charge in [0.1, 0.15) is 0 Å². The molecule has 0 saturated heterocycles. The molecule has 3 heteroatoms. The summed E-state index contributed by atoms with van der Waals surface area (Å²) in [5.74, 6) is 0. The van der Waals surface area contributed by atoms with Crippen molar-refractivity contribution in [3.63, 3.8) is 0 Å². The maximum atomic E-state index is 6.43. The molecule has 1 aliphatic rings. The average molecular weight is 242 g/mol. The second-order valence-electron chi connectivity index (χ2n) is 5.59.